The summed E-state index contributed by atoms with van der Waals surface area (Å²) in [5.74, 6) is 1.73. The molecule has 1 aliphatic heterocycles. The van der Waals surface area contributed by atoms with Crippen LogP contribution in [-0.2, 0) is 11.3 Å². The van der Waals surface area contributed by atoms with Crippen LogP contribution in [-0.4, -0.2) is 42.8 Å². The maximum Gasteiger partial charge on any atom is 0.256 e. The predicted molar refractivity (Wildman–Crippen MR) is 119 cm³/mol. The van der Waals surface area contributed by atoms with Gasteiger partial charge in [-0.3, -0.25) is 14.7 Å². The molecule has 2 aliphatic rings. The van der Waals surface area contributed by atoms with Crippen LogP contribution in [0, 0.1) is 0 Å². The number of rotatable bonds is 6. The fourth-order valence-corrected chi connectivity index (χ4v) is 4.76. The zero-order valence-corrected chi connectivity index (χ0v) is 17.7. The van der Waals surface area contributed by atoms with Crippen LogP contribution in [0.3, 0.4) is 0 Å². The summed E-state index contributed by atoms with van der Waals surface area (Å²) in [4.78, 5) is 20.1. The molecule has 0 bridgehead atoms. The van der Waals surface area contributed by atoms with Crippen LogP contribution in [0.5, 0.6) is 0 Å². The molecular weight excluding hydrogens is 388 g/mol. The van der Waals surface area contributed by atoms with Gasteiger partial charge in [-0.2, -0.15) is 5.21 Å². The molecule has 7 heteroatoms. The molecule has 1 amide bonds. The summed E-state index contributed by atoms with van der Waals surface area (Å²) in [6.07, 6.45) is 5.81. The zero-order valence-electron chi connectivity index (χ0n) is 17.7. The van der Waals surface area contributed by atoms with Crippen molar-refractivity contribution in [3.8, 4) is 22.5 Å². The monoisotopic (exact) mass is 414 g/mol. The molecule has 0 radical (unpaired) electrons. The van der Waals surface area contributed by atoms with E-state index in [0.717, 1.165) is 66.6 Å². The zero-order chi connectivity index (χ0) is 21.3. The van der Waals surface area contributed by atoms with Crippen LogP contribution < -0.4 is 0 Å². The summed E-state index contributed by atoms with van der Waals surface area (Å²) >= 11 is 0. The number of hydrogen-bond acceptors (Lipinski definition) is 5. The van der Waals surface area contributed by atoms with Crippen LogP contribution in [0.2, 0.25) is 0 Å². The van der Waals surface area contributed by atoms with Crippen molar-refractivity contribution in [1.29, 1.82) is 0 Å². The van der Waals surface area contributed by atoms with Gasteiger partial charge < -0.3 is 0 Å². The Morgan fingerprint density at radius 1 is 1.03 bits per heavy atom. The lowest BCUT2D eigenvalue weighted by atomic mass is 9.97. The fourth-order valence-electron chi connectivity index (χ4n) is 4.76. The van der Waals surface area contributed by atoms with E-state index >= 15 is 0 Å². The van der Waals surface area contributed by atoms with Crippen molar-refractivity contribution in [2.75, 3.05) is 0 Å². The van der Waals surface area contributed by atoms with Gasteiger partial charge in [-0.05, 0) is 41.2 Å². The van der Waals surface area contributed by atoms with E-state index in [0.29, 0.717) is 12.4 Å². The number of carbonyl (C=O) groups excluding carboxylic acids is 1. The van der Waals surface area contributed by atoms with Crippen molar-refractivity contribution >= 4 is 11.7 Å². The molecule has 2 aromatic carbocycles. The smallest absolute Gasteiger partial charge is 0.256 e. The predicted octanol–water partition coefficient (Wildman–Crippen LogP) is 4.39. The maximum atomic E-state index is 13.3. The largest absolute Gasteiger partial charge is 0.294 e. The Kier molecular flexibility index (Phi) is 5.10. The van der Waals surface area contributed by atoms with Crippen LogP contribution in [0.1, 0.15) is 51.0 Å². The van der Waals surface area contributed by atoms with Gasteiger partial charge in [-0.1, -0.05) is 68.3 Å². The minimum absolute atomic E-state index is 0.194. The average molecular weight is 415 g/mol. The van der Waals surface area contributed by atoms with Crippen molar-refractivity contribution in [3.05, 3.63) is 54.1 Å². The lowest BCUT2D eigenvalue weighted by molar-refractivity contribution is -0.131. The van der Waals surface area contributed by atoms with E-state index in [1.165, 1.54) is 0 Å². The second-order valence-electron chi connectivity index (χ2n) is 8.39. The van der Waals surface area contributed by atoms with Gasteiger partial charge in [0.05, 0.1) is 6.54 Å². The van der Waals surface area contributed by atoms with Gasteiger partial charge in [0.25, 0.3) is 5.91 Å². The number of amides is 1. The molecule has 5 rings (SSSR count). The maximum absolute atomic E-state index is 13.3. The molecule has 1 fully saturated rings. The number of amidine groups is 1. The summed E-state index contributed by atoms with van der Waals surface area (Å²) in [5.41, 5.74) is 3.68. The van der Waals surface area contributed by atoms with E-state index < -0.39 is 5.54 Å². The number of aliphatic imine (C=N–C) groups is 1. The Bertz CT molecular complexity index is 1100. The van der Waals surface area contributed by atoms with Crippen molar-refractivity contribution < 1.29 is 4.79 Å². The van der Waals surface area contributed by atoms with Crippen LogP contribution in [0.15, 0.2) is 53.5 Å². The highest BCUT2D eigenvalue weighted by atomic mass is 16.2. The van der Waals surface area contributed by atoms with Crippen LogP contribution >= 0.6 is 0 Å². The molecule has 3 aromatic rings. The number of hydrogen-bond donors (Lipinski definition) is 1. The molecule has 1 aliphatic carbocycles. The second-order valence-corrected chi connectivity index (χ2v) is 8.39. The number of nitrogens with zero attached hydrogens (tertiary/aromatic N) is 5. The first-order chi connectivity index (χ1) is 15.2. The second kappa shape index (κ2) is 8.06. The Hall–Kier alpha value is -3.35. The molecule has 158 valence electrons. The molecule has 1 N–H and O–H groups in total. The average Bonchev–Trinajstić information content (AvgIpc) is 3.54. The number of nitrogens with one attached hydrogen (secondary N) is 1. The molecular formula is C24H26N6O. The Balaban J connectivity index is 1.39. The standard InChI is InChI=1S/C24H26N6O/c1-2-7-21-25-24(14-5-6-15-24)23(31)30(21)16-17-10-12-18(13-11-17)19-8-3-4-9-20(19)22-26-28-29-27-22/h3-4,8-13H,2,5-7,14-16H2,1H3,(H,26,27,28,29). The van der Waals surface area contributed by atoms with Gasteiger partial charge in [-0.25, -0.2) is 0 Å². The first kappa shape index (κ1) is 19.6. The molecule has 0 atom stereocenters. The SMILES string of the molecule is CCCC1=NC2(CCCC2)C(=O)N1Cc1ccc(-c2ccccc2-c2nn[nH]n2)cc1. The number of aromatic amines is 1. The first-order valence-corrected chi connectivity index (χ1v) is 11.0. The Morgan fingerprint density at radius 3 is 2.45 bits per heavy atom. The van der Waals surface area contributed by atoms with Gasteiger partial charge >= 0.3 is 0 Å². The molecule has 7 nitrogen and oxygen atoms in total. The van der Waals surface area contributed by atoms with Crippen molar-refractivity contribution in [3.63, 3.8) is 0 Å². The number of aromatic nitrogens is 4. The molecule has 31 heavy (non-hydrogen) atoms. The van der Waals surface area contributed by atoms with E-state index in [2.05, 4.69) is 57.9 Å². The Labute approximate surface area is 181 Å². The van der Waals surface area contributed by atoms with Gasteiger partial charge in [0.1, 0.15) is 11.4 Å². The molecule has 0 saturated heterocycles. The molecule has 1 aromatic heterocycles. The van der Waals surface area contributed by atoms with E-state index in [1.807, 2.05) is 23.1 Å². The summed E-state index contributed by atoms with van der Waals surface area (Å²) in [5, 5.41) is 14.4. The number of H-pyrrole nitrogens is 1. The Morgan fingerprint density at radius 2 is 1.77 bits per heavy atom. The summed E-state index contributed by atoms with van der Waals surface area (Å²) in [6, 6.07) is 16.4. The third-order valence-electron chi connectivity index (χ3n) is 6.32. The number of tetrazole rings is 1. The van der Waals surface area contributed by atoms with Gasteiger partial charge in [0.15, 0.2) is 0 Å². The lowest BCUT2D eigenvalue weighted by Gasteiger charge is -2.22. The number of benzene rings is 2. The molecule has 1 saturated carbocycles. The minimum atomic E-state index is -0.478. The number of carbonyl (C=O) groups is 1. The third kappa shape index (κ3) is 3.54. The van der Waals surface area contributed by atoms with E-state index in [-0.39, 0.29) is 5.91 Å². The van der Waals surface area contributed by atoms with Gasteiger partial charge in [0.2, 0.25) is 5.82 Å². The van der Waals surface area contributed by atoms with E-state index in [9.17, 15) is 4.79 Å². The van der Waals surface area contributed by atoms with Crippen molar-refractivity contribution in [2.45, 2.75) is 57.5 Å². The highest BCUT2D eigenvalue weighted by Crippen LogP contribution is 2.40. The van der Waals surface area contributed by atoms with E-state index in [1.54, 1.807) is 0 Å². The summed E-state index contributed by atoms with van der Waals surface area (Å²) in [7, 11) is 0. The van der Waals surface area contributed by atoms with Gasteiger partial charge in [0, 0.05) is 12.0 Å². The van der Waals surface area contributed by atoms with Gasteiger partial charge in [-0.15, -0.1) is 10.2 Å². The van der Waals surface area contributed by atoms with Crippen LogP contribution in [0.25, 0.3) is 22.5 Å². The quantitative estimate of drug-likeness (QED) is 0.648. The lowest BCUT2D eigenvalue weighted by Crippen LogP contribution is -2.40. The highest BCUT2D eigenvalue weighted by Gasteiger charge is 2.49. The van der Waals surface area contributed by atoms with E-state index in [4.69, 9.17) is 4.99 Å². The topological polar surface area (TPSA) is 87.1 Å². The molecule has 2 heterocycles. The minimum Gasteiger partial charge on any atom is -0.294 e. The molecule has 1 spiro atoms. The molecule has 0 unspecified atom stereocenters. The van der Waals surface area contributed by atoms with Crippen LogP contribution in [0.4, 0.5) is 0 Å². The normalized spacial score (nSPS) is 17.5. The highest BCUT2D eigenvalue weighted by molar-refractivity contribution is 6.08. The summed E-state index contributed by atoms with van der Waals surface area (Å²) < 4.78 is 0. The summed E-state index contributed by atoms with van der Waals surface area (Å²) in [6.45, 7) is 2.72. The van der Waals surface area contributed by atoms with Crippen molar-refractivity contribution in [2.24, 2.45) is 4.99 Å². The first-order valence-electron chi connectivity index (χ1n) is 11.0. The van der Waals surface area contributed by atoms with Crippen molar-refractivity contribution in [1.82, 2.24) is 25.5 Å². The third-order valence-corrected chi connectivity index (χ3v) is 6.32. The fraction of sp³-hybridized carbons (Fsp3) is 0.375.